The van der Waals surface area contributed by atoms with Crippen molar-refractivity contribution in [2.45, 2.75) is 36.7 Å². The second-order valence-electron chi connectivity index (χ2n) is 10.2. The zero-order chi connectivity index (χ0) is 29.4. The van der Waals surface area contributed by atoms with Gasteiger partial charge >= 0.3 is 0 Å². The normalized spacial score (nSPS) is 11.7. The molecule has 2 aromatic heterocycles. The molecule has 0 saturated carbocycles. The first kappa shape index (κ1) is 28.6. The number of hydrogen-bond acceptors (Lipinski definition) is 6. The van der Waals surface area contributed by atoms with Crippen molar-refractivity contribution in [1.29, 1.82) is 0 Å². The number of hydrogen-bond donors (Lipinski definition) is 1. The lowest BCUT2D eigenvalue weighted by atomic mass is 9.99. The molecule has 43 heavy (non-hydrogen) atoms. The minimum absolute atomic E-state index is 0.161. The third-order valence-corrected chi connectivity index (χ3v) is 9.13. The topological polar surface area (TPSA) is 72.7 Å². The summed E-state index contributed by atoms with van der Waals surface area (Å²) in [5.74, 6) is 1.29. The molecule has 0 bridgehead atoms. The minimum Gasteiger partial charge on any atom is -0.344 e. The van der Waals surface area contributed by atoms with Crippen LogP contribution in [0.25, 0.3) is 5.69 Å². The summed E-state index contributed by atoms with van der Waals surface area (Å²) in [6.45, 7) is 2.10. The van der Waals surface area contributed by atoms with Crippen molar-refractivity contribution < 1.29 is 4.79 Å². The molecule has 1 unspecified atom stereocenters. The zero-order valence-electron chi connectivity index (χ0n) is 23.8. The Hall–Kier alpha value is -4.53. The van der Waals surface area contributed by atoms with E-state index in [0.29, 0.717) is 24.3 Å². The summed E-state index contributed by atoms with van der Waals surface area (Å²) in [5.41, 5.74) is 6.04. The number of aryl methyl sites for hydroxylation is 1. The van der Waals surface area contributed by atoms with Gasteiger partial charge in [-0.2, -0.15) is 0 Å². The fourth-order valence-corrected chi connectivity index (χ4v) is 6.73. The van der Waals surface area contributed by atoms with Crippen LogP contribution in [0.4, 0.5) is 0 Å². The molecular formula is C35H31N5OS2. The highest BCUT2D eigenvalue weighted by Crippen LogP contribution is 2.29. The van der Waals surface area contributed by atoms with Gasteiger partial charge in [-0.05, 0) is 41.7 Å². The molecule has 6 rings (SSSR count). The molecule has 0 aliphatic heterocycles. The van der Waals surface area contributed by atoms with E-state index in [1.54, 1.807) is 11.8 Å². The third kappa shape index (κ3) is 7.10. The summed E-state index contributed by atoms with van der Waals surface area (Å²) in [6.07, 6.45) is 1.37. The van der Waals surface area contributed by atoms with Crippen LogP contribution in [0, 0.1) is 6.92 Å². The first-order valence-electron chi connectivity index (χ1n) is 14.1. The fourth-order valence-electron chi connectivity index (χ4n) is 4.97. The fraction of sp³-hybridized carbons (Fsp3) is 0.143. The predicted octanol–water partition coefficient (Wildman–Crippen LogP) is 7.63. The van der Waals surface area contributed by atoms with Crippen LogP contribution in [0.5, 0.6) is 0 Å². The Morgan fingerprint density at radius 2 is 1.49 bits per heavy atom. The van der Waals surface area contributed by atoms with E-state index in [-0.39, 0.29) is 11.9 Å². The lowest BCUT2D eigenvalue weighted by Gasteiger charge is -2.19. The van der Waals surface area contributed by atoms with Gasteiger partial charge in [-0.1, -0.05) is 121 Å². The van der Waals surface area contributed by atoms with Crippen molar-refractivity contribution in [2.75, 3.05) is 0 Å². The Kier molecular flexibility index (Phi) is 9.06. The molecule has 8 heteroatoms. The van der Waals surface area contributed by atoms with Crippen LogP contribution in [0.2, 0.25) is 0 Å². The SMILES string of the molecule is Cc1ccccc1-n1c(Cc2ccccc2)nnc1SCc1nc(C(=O)NC(Cc2ccccc2)c2ccccc2)cs1. The van der Waals surface area contributed by atoms with Crippen molar-refractivity contribution >= 4 is 29.0 Å². The quantitative estimate of drug-likeness (QED) is 0.155. The average Bonchev–Trinajstić information content (AvgIpc) is 3.69. The van der Waals surface area contributed by atoms with Gasteiger partial charge in [0, 0.05) is 11.8 Å². The molecule has 0 radical (unpaired) electrons. The first-order chi connectivity index (χ1) is 21.1. The molecule has 0 fully saturated rings. The lowest BCUT2D eigenvalue weighted by Crippen LogP contribution is -2.30. The van der Waals surface area contributed by atoms with Gasteiger partial charge < -0.3 is 5.32 Å². The number of aromatic nitrogens is 4. The van der Waals surface area contributed by atoms with Gasteiger partial charge in [0.15, 0.2) is 5.16 Å². The van der Waals surface area contributed by atoms with Crippen molar-refractivity contribution in [2.24, 2.45) is 0 Å². The number of para-hydroxylation sites is 1. The standard InChI is InChI=1S/C35H31N5OS2/c1-25-13-11-12-20-31(25)40-32(22-27-16-7-3-8-17-27)38-39-35(40)43-24-33-36-30(23-42-33)34(41)37-29(28-18-9-4-10-19-28)21-26-14-5-2-6-15-26/h2-20,23,29H,21-22,24H2,1H3,(H,37,41). The van der Waals surface area contributed by atoms with E-state index in [1.807, 2.05) is 84.2 Å². The van der Waals surface area contributed by atoms with E-state index in [0.717, 1.165) is 38.4 Å². The van der Waals surface area contributed by atoms with E-state index in [9.17, 15) is 4.79 Å². The molecule has 1 amide bonds. The summed E-state index contributed by atoms with van der Waals surface area (Å²) >= 11 is 3.07. The van der Waals surface area contributed by atoms with Crippen LogP contribution in [-0.2, 0) is 18.6 Å². The number of rotatable bonds is 11. The van der Waals surface area contributed by atoms with Crippen LogP contribution >= 0.6 is 23.1 Å². The Morgan fingerprint density at radius 1 is 0.837 bits per heavy atom. The third-order valence-electron chi connectivity index (χ3n) is 7.16. The highest BCUT2D eigenvalue weighted by atomic mass is 32.2. The Labute approximate surface area is 259 Å². The zero-order valence-corrected chi connectivity index (χ0v) is 25.4. The Morgan fingerprint density at radius 3 is 2.21 bits per heavy atom. The molecule has 1 N–H and O–H groups in total. The van der Waals surface area contributed by atoms with E-state index in [2.05, 4.69) is 63.4 Å². The average molecular weight is 602 g/mol. The molecule has 6 nitrogen and oxygen atoms in total. The molecule has 214 valence electrons. The Balaban J connectivity index is 1.18. The summed E-state index contributed by atoms with van der Waals surface area (Å²) in [7, 11) is 0. The van der Waals surface area contributed by atoms with Crippen LogP contribution in [0.1, 0.15) is 49.6 Å². The van der Waals surface area contributed by atoms with Gasteiger partial charge in [0.25, 0.3) is 5.91 Å². The van der Waals surface area contributed by atoms with E-state index >= 15 is 0 Å². The van der Waals surface area contributed by atoms with Crippen molar-refractivity contribution in [3.05, 3.63) is 159 Å². The second kappa shape index (κ2) is 13.6. The molecule has 2 heterocycles. The Bertz CT molecular complexity index is 1790. The highest BCUT2D eigenvalue weighted by Gasteiger charge is 2.20. The summed E-state index contributed by atoms with van der Waals surface area (Å²) in [4.78, 5) is 18.1. The van der Waals surface area contributed by atoms with Gasteiger partial charge in [-0.3, -0.25) is 9.36 Å². The van der Waals surface area contributed by atoms with E-state index in [4.69, 9.17) is 4.98 Å². The molecule has 4 aromatic carbocycles. The van der Waals surface area contributed by atoms with Gasteiger partial charge in [0.05, 0.1) is 17.5 Å². The number of amides is 1. The van der Waals surface area contributed by atoms with Crippen LogP contribution in [-0.4, -0.2) is 25.7 Å². The van der Waals surface area contributed by atoms with Gasteiger partial charge in [-0.15, -0.1) is 21.5 Å². The largest absolute Gasteiger partial charge is 0.344 e. The van der Waals surface area contributed by atoms with Crippen LogP contribution < -0.4 is 5.32 Å². The van der Waals surface area contributed by atoms with Crippen molar-refractivity contribution in [1.82, 2.24) is 25.1 Å². The number of thioether (sulfide) groups is 1. The van der Waals surface area contributed by atoms with E-state index < -0.39 is 0 Å². The smallest absolute Gasteiger partial charge is 0.271 e. The molecule has 6 aromatic rings. The lowest BCUT2D eigenvalue weighted by molar-refractivity contribution is 0.0932. The van der Waals surface area contributed by atoms with Gasteiger partial charge in [0.1, 0.15) is 16.5 Å². The summed E-state index contributed by atoms with van der Waals surface area (Å²) < 4.78 is 2.14. The minimum atomic E-state index is -0.175. The highest BCUT2D eigenvalue weighted by molar-refractivity contribution is 7.98. The molecule has 0 aliphatic rings. The van der Waals surface area contributed by atoms with Gasteiger partial charge in [0.2, 0.25) is 0 Å². The number of carbonyl (C=O) groups is 1. The number of benzene rings is 4. The van der Waals surface area contributed by atoms with Crippen molar-refractivity contribution in [3.63, 3.8) is 0 Å². The maximum Gasteiger partial charge on any atom is 0.271 e. The molecule has 0 aliphatic carbocycles. The summed E-state index contributed by atoms with van der Waals surface area (Å²) in [5, 5.41) is 15.9. The number of nitrogens with one attached hydrogen (secondary N) is 1. The molecule has 0 spiro atoms. The maximum atomic E-state index is 13.4. The summed E-state index contributed by atoms with van der Waals surface area (Å²) in [6, 6.07) is 38.7. The van der Waals surface area contributed by atoms with Crippen LogP contribution in [0.15, 0.2) is 126 Å². The predicted molar refractivity (Wildman–Crippen MR) is 174 cm³/mol. The number of carbonyl (C=O) groups excluding carboxylic acids is 1. The maximum absolute atomic E-state index is 13.4. The monoisotopic (exact) mass is 601 g/mol. The number of thiazole rings is 1. The van der Waals surface area contributed by atoms with E-state index in [1.165, 1.54) is 16.9 Å². The molecule has 1 atom stereocenters. The van der Waals surface area contributed by atoms with Gasteiger partial charge in [-0.25, -0.2) is 4.98 Å². The van der Waals surface area contributed by atoms with Crippen molar-refractivity contribution in [3.8, 4) is 5.69 Å². The first-order valence-corrected chi connectivity index (χ1v) is 16.0. The second-order valence-corrected chi connectivity index (χ2v) is 12.1. The molecule has 0 saturated heterocycles. The molecular weight excluding hydrogens is 571 g/mol. The van der Waals surface area contributed by atoms with Crippen LogP contribution in [0.3, 0.4) is 0 Å². The number of nitrogens with zero attached hydrogens (tertiary/aromatic N) is 4.